The van der Waals surface area contributed by atoms with Gasteiger partial charge in [0.1, 0.15) is 6.04 Å². The van der Waals surface area contributed by atoms with Crippen molar-refractivity contribution >= 4 is 5.95 Å². The van der Waals surface area contributed by atoms with Gasteiger partial charge in [-0.2, -0.15) is 4.68 Å². The molecule has 1 aromatic heterocycles. The first-order valence-electron chi connectivity index (χ1n) is 5.13. The van der Waals surface area contributed by atoms with Gasteiger partial charge in [-0.1, -0.05) is 35.4 Å². The van der Waals surface area contributed by atoms with Crippen LogP contribution in [0.4, 0.5) is 5.95 Å². The van der Waals surface area contributed by atoms with Gasteiger partial charge in [-0.3, -0.25) is 0 Å². The monoisotopic (exact) mass is 213 g/mol. The Balaban J connectivity index is 2.10. The zero-order chi connectivity index (χ0) is 11.0. The predicted molar refractivity (Wildman–Crippen MR) is 59.8 cm³/mol. The number of rotatable bonds is 1. The second-order valence-electron chi connectivity index (χ2n) is 3.78. The van der Waals surface area contributed by atoms with Crippen molar-refractivity contribution in [3.8, 4) is 0 Å². The van der Waals surface area contributed by atoms with Gasteiger partial charge < -0.3 is 5.32 Å². The highest BCUT2D eigenvalue weighted by Crippen LogP contribution is 2.26. The first kappa shape index (κ1) is 9.08. The summed E-state index contributed by atoms with van der Waals surface area (Å²) in [7, 11) is 0. The van der Waals surface area contributed by atoms with Gasteiger partial charge in [0, 0.05) is 5.70 Å². The smallest absolute Gasteiger partial charge is 0.248 e. The highest BCUT2D eigenvalue weighted by molar-refractivity contribution is 5.41. The average Bonchev–Trinajstić information content (AvgIpc) is 2.77. The van der Waals surface area contributed by atoms with Gasteiger partial charge in [0.2, 0.25) is 5.95 Å². The van der Waals surface area contributed by atoms with Crippen LogP contribution in [0, 0.1) is 0 Å². The number of hydrogen-bond donors (Lipinski definition) is 1. The van der Waals surface area contributed by atoms with Gasteiger partial charge >= 0.3 is 0 Å². The molecule has 3 rings (SSSR count). The lowest BCUT2D eigenvalue weighted by Crippen LogP contribution is -2.19. The third kappa shape index (κ3) is 1.37. The highest BCUT2D eigenvalue weighted by Gasteiger charge is 2.21. The van der Waals surface area contributed by atoms with E-state index in [1.807, 2.05) is 25.1 Å². The lowest BCUT2D eigenvalue weighted by Gasteiger charge is -2.21. The van der Waals surface area contributed by atoms with E-state index in [4.69, 9.17) is 0 Å². The highest BCUT2D eigenvalue weighted by atomic mass is 15.6. The molecule has 0 unspecified atom stereocenters. The first-order chi connectivity index (χ1) is 7.84. The van der Waals surface area contributed by atoms with Crippen molar-refractivity contribution in [2.75, 3.05) is 5.32 Å². The molecule has 1 N–H and O–H groups in total. The van der Waals surface area contributed by atoms with Crippen molar-refractivity contribution in [2.24, 2.45) is 0 Å². The molecule has 0 radical (unpaired) electrons. The maximum absolute atomic E-state index is 4.00. The molecule has 1 atom stereocenters. The molecular formula is C11H11N5. The van der Waals surface area contributed by atoms with Gasteiger partial charge in [-0.05, 0) is 29.0 Å². The Bertz CT molecular complexity index is 528. The molecule has 2 heterocycles. The van der Waals surface area contributed by atoms with Gasteiger partial charge in [-0.25, -0.2) is 0 Å². The van der Waals surface area contributed by atoms with E-state index < -0.39 is 0 Å². The molecule has 0 amide bonds. The Labute approximate surface area is 92.8 Å². The van der Waals surface area contributed by atoms with Crippen LogP contribution in [-0.2, 0) is 0 Å². The Morgan fingerprint density at radius 1 is 1.25 bits per heavy atom. The Hall–Kier alpha value is -2.17. The van der Waals surface area contributed by atoms with E-state index in [1.54, 1.807) is 4.68 Å². The number of aromatic nitrogens is 4. The van der Waals surface area contributed by atoms with Crippen molar-refractivity contribution in [1.29, 1.82) is 0 Å². The number of nitrogens with one attached hydrogen (secondary N) is 1. The van der Waals surface area contributed by atoms with Gasteiger partial charge in [0.05, 0.1) is 0 Å². The van der Waals surface area contributed by atoms with Crippen LogP contribution in [0.5, 0.6) is 0 Å². The van der Waals surface area contributed by atoms with Crippen LogP contribution in [0.1, 0.15) is 18.5 Å². The van der Waals surface area contributed by atoms with E-state index in [1.165, 1.54) is 5.56 Å². The van der Waals surface area contributed by atoms with E-state index in [-0.39, 0.29) is 6.04 Å². The fourth-order valence-electron chi connectivity index (χ4n) is 1.88. The quantitative estimate of drug-likeness (QED) is 0.781. The van der Waals surface area contributed by atoms with Gasteiger partial charge in [0.15, 0.2) is 0 Å². The standard InChI is InChI=1S/C11H11N5/c1-8-7-10(9-5-3-2-4-6-9)16-11(12-8)13-14-15-16/h2-7,10H,1H3,(H,12,13,15)/t10-/m0/s1. The summed E-state index contributed by atoms with van der Waals surface area (Å²) in [5, 5.41) is 14.7. The summed E-state index contributed by atoms with van der Waals surface area (Å²) >= 11 is 0. The predicted octanol–water partition coefficient (Wildman–Crippen LogP) is 1.59. The summed E-state index contributed by atoms with van der Waals surface area (Å²) in [6.07, 6.45) is 2.11. The molecule has 1 aliphatic heterocycles. The Morgan fingerprint density at radius 3 is 2.88 bits per heavy atom. The van der Waals surface area contributed by atoms with Crippen LogP contribution in [0.2, 0.25) is 0 Å². The molecule has 2 aromatic rings. The van der Waals surface area contributed by atoms with Crippen LogP contribution in [0.25, 0.3) is 0 Å². The average molecular weight is 213 g/mol. The van der Waals surface area contributed by atoms with Gasteiger partial charge in [-0.15, -0.1) is 0 Å². The molecule has 16 heavy (non-hydrogen) atoms. The summed E-state index contributed by atoms with van der Waals surface area (Å²) in [5.41, 5.74) is 2.24. The fourth-order valence-corrected chi connectivity index (χ4v) is 1.88. The van der Waals surface area contributed by atoms with Crippen LogP contribution in [-0.4, -0.2) is 20.2 Å². The molecule has 0 aliphatic carbocycles. The van der Waals surface area contributed by atoms with Crippen molar-refractivity contribution < 1.29 is 0 Å². The number of allylic oxidation sites excluding steroid dienone is 2. The minimum Gasteiger partial charge on any atom is -0.327 e. The molecule has 1 aliphatic rings. The number of hydrogen-bond acceptors (Lipinski definition) is 4. The molecule has 1 aromatic carbocycles. The topological polar surface area (TPSA) is 55.6 Å². The minimum absolute atomic E-state index is 0.0763. The number of nitrogens with zero attached hydrogens (tertiary/aromatic N) is 4. The third-order valence-electron chi connectivity index (χ3n) is 2.61. The van der Waals surface area contributed by atoms with Crippen LogP contribution in [0.3, 0.4) is 0 Å². The van der Waals surface area contributed by atoms with E-state index >= 15 is 0 Å². The van der Waals surface area contributed by atoms with Crippen molar-refractivity contribution in [2.45, 2.75) is 13.0 Å². The summed E-state index contributed by atoms with van der Waals surface area (Å²) in [6, 6.07) is 10.3. The Kier molecular flexibility index (Phi) is 1.96. The maximum atomic E-state index is 4.00. The molecule has 0 spiro atoms. The number of fused-ring (bicyclic) bond motifs is 1. The normalized spacial score (nSPS) is 18.6. The summed E-state index contributed by atoms with van der Waals surface area (Å²) < 4.78 is 1.78. The lowest BCUT2D eigenvalue weighted by molar-refractivity contribution is 0.579. The number of tetrazole rings is 1. The first-order valence-corrected chi connectivity index (χ1v) is 5.13. The SMILES string of the molecule is CC1=C[C@@H](c2ccccc2)n2nnnc2N1. The van der Waals surface area contributed by atoms with Crippen molar-refractivity contribution in [1.82, 2.24) is 20.2 Å². The molecule has 0 bridgehead atoms. The Morgan fingerprint density at radius 2 is 2.06 bits per heavy atom. The van der Waals surface area contributed by atoms with Crippen LogP contribution >= 0.6 is 0 Å². The second kappa shape index (κ2) is 3.44. The van der Waals surface area contributed by atoms with E-state index in [9.17, 15) is 0 Å². The molecule has 0 fully saturated rings. The number of benzene rings is 1. The zero-order valence-corrected chi connectivity index (χ0v) is 8.83. The zero-order valence-electron chi connectivity index (χ0n) is 8.83. The number of anilines is 1. The van der Waals surface area contributed by atoms with Crippen molar-refractivity contribution in [3.63, 3.8) is 0 Å². The molecule has 0 saturated carbocycles. The minimum atomic E-state index is 0.0763. The lowest BCUT2D eigenvalue weighted by atomic mass is 10.1. The van der Waals surface area contributed by atoms with Gasteiger partial charge in [0.25, 0.3) is 0 Å². The fraction of sp³-hybridized carbons (Fsp3) is 0.182. The largest absolute Gasteiger partial charge is 0.327 e. The summed E-state index contributed by atoms with van der Waals surface area (Å²) in [4.78, 5) is 0. The molecule has 5 nitrogen and oxygen atoms in total. The molecule has 5 heteroatoms. The molecule has 0 saturated heterocycles. The second-order valence-corrected chi connectivity index (χ2v) is 3.78. The van der Waals surface area contributed by atoms with E-state index in [0.717, 1.165) is 5.70 Å². The molecule has 80 valence electrons. The van der Waals surface area contributed by atoms with E-state index in [0.29, 0.717) is 5.95 Å². The summed E-state index contributed by atoms with van der Waals surface area (Å²) in [6.45, 7) is 2.01. The van der Waals surface area contributed by atoms with Crippen LogP contribution < -0.4 is 5.32 Å². The van der Waals surface area contributed by atoms with Crippen LogP contribution in [0.15, 0.2) is 42.1 Å². The summed E-state index contributed by atoms with van der Waals surface area (Å²) in [5.74, 6) is 0.689. The van der Waals surface area contributed by atoms with E-state index in [2.05, 4.69) is 39.1 Å². The van der Waals surface area contributed by atoms with Crippen molar-refractivity contribution in [3.05, 3.63) is 47.7 Å². The maximum Gasteiger partial charge on any atom is 0.248 e. The third-order valence-corrected chi connectivity index (χ3v) is 2.61. The molecular weight excluding hydrogens is 202 g/mol.